The molecule has 0 aliphatic heterocycles. The van der Waals surface area contributed by atoms with Crippen LogP contribution in [-0.2, 0) is 10.8 Å². The summed E-state index contributed by atoms with van der Waals surface area (Å²) in [6.45, 7) is 9.13. The van der Waals surface area contributed by atoms with E-state index in [4.69, 9.17) is 10.0 Å². The predicted octanol–water partition coefficient (Wildman–Crippen LogP) is 11.9. The van der Waals surface area contributed by atoms with Crippen LogP contribution in [0.25, 0.3) is 54.9 Å². The lowest BCUT2D eigenvalue weighted by atomic mass is 9.79. The third kappa shape index (κ3) is 7.17. The fourth-order valence-electron chi connectivity index (χ4n) is 8.76. The Morgan fingerprint density at radius 3 is 1.38 bits per heavy atom. The molecule has 0 saturated heterocycles. The van der Waals surface area contributed by atoms with E-state index in [1.807, 2.05) is 18.2 Å². The van der Waals surface area contributed by atoms with Gasteiger partial charge in [0.1, 0.15) is 0 Å². The Morgan fingerprint density at radius 2 is 0.883 bits per heavy atom. The number of fused-ring (bicyclic) bond motifs is 8. The first-order valence-corrected chi connectivity index (χ1v) is 20.3. The van der Waals surface area contributed by atoms with Gasteiger partial charge in [-0.2, -0.15) is 0 Å². The van der Waals surface area contributed by atoms with Crippen molar-refractivity contribution in [3.05, 3.63) is 205 Å². The van der Waals surface area contributed by atoms with Crippen LogP contribution in [0.15, 0.2) is 162 Å². The minimum absolute atomic E-state index is 0.0788. The molecule has 0 bridgehead atoms. The summed E-state index contributed by atoms with van der Waals surface area (Å²) in [7, 11) is -1.80. The zero-order chi connectivity index (χ0) is 42.5. The normalized spacial score (nSPS) is 13.4. The van der Waals surface area contributed by atoms with E-state index < -0.39 is 12.0 Å². The van der Waals surface area contributed by atoms with Gasteiger partial charge in [0.2, 0.25) is 0 Å². The van der Waals surface area contributed by atoms with Crippen molar-refractivity contribution in [1.29, 1.82) is 0 Å². The second-order valence-corrected chi connectivity index (χ2v) is 17.1. The van der Waals surface area contributed by atoms with Gasteiger partial charge in [0.05, 0.1) is 20.9 Å². The van der Waals surface area contributed by atoms with E-state index in [1.54, 1.807) is 12.1 Å². The minimum Gasteiger partial charge on any atom is -0.423 e. The maximum absolute atomic E-state index is 11.5. The first kappa shape index (κ1) is 40.3. The van der Waals surface area contributed by atoms with Crippen molar-refractivity contribution in [2.75, 3.05) is 0 Å². The molecule has 10 rings (SSSR count). The molecule has 8 nitrogen and oxygen atoms in total. The van der Waals surface area contributed by atoms with Gasteiger partial charge >= 0.3 is 7.12 Å². The van der Waals surface area contributed by atoms with Gasteiger partial charge in [0.15, 0.2) is 0 Å². The molecule has 2 aliphatic rings. The number of para-hydroxylation sites is 2. The highest BCUT2D eigenvalue weighted by Crippen LogP contribution is 2.52. The molecule has 60 heavy (non-hydrogen) atoms. The van der Waals surface area contributed by atoms with Crippen LogP contribution < -0.4 is 5.46 Å². The monoisotopic (exact) mass is 854 g/mol. The average molecular weight is 856 g/mol. The lowest BCUT2D eigenvalue weighted by Crippen LogP contribution is -2.31. The Balaban J connectivity index is 0.000000136. The van der Waals surface area contributed by atoms with Gasteiger partial charge in [-0.25, -0.2) is 0 Å². The first-order chi connectivity index (χ1) is 28.7. The van der Waals surface area contributed by atoms with Crippen LogP contribution in [0.3, 0.4) is 0 Å². The molecule has 0 unspecified atom stereocenters. The predicted molar refractivity (Wildman–Crippen MR) is 246 cm³/mol. The van der Waals surface area contributed by atoms with Gasteiger partial charge in [-0.3, -0.25) is 20.2 Å². The average Bonchev–Trinajstić information content (AvgIpc) is 3.59. The SMILES string of the molecule is CC1(C)c2ccc(-c3ccccc3[N+](=O)[O-])cc2-c2cc3ccccc3cc21.CC1(C)c2ccc(Br)cc2-c2cc3ccccc3cc21.O=[N+]([O-])c1ccccc1B(O)O. The number of halogens is 1. The molecule has 0 fully saturated rings. The first-order valence-electron chi connectivity index (χ1n) is 19.5. The van der Waals surface area contributed by atoms with Crippen molar-refractivity contribution < 1.29 is 19.9 Å². The van der Waals surface area contributed by atoms with Crippen LogP contribution in [0.5, 0.6) is 0 Å². The van der Waals surface area contributed by atoms with Crippen LogP contribution in [0, 0.1) is 20.2 Å². The number of rotatable bonds is 4. The summed E-state index contributed by atoms with van der Waals surface area (Å²) in [5.41, 5.74) is 11.8. The fraction of sp³-hybridized carbons (Fsp3) is 0.120. The highest BCUT2D eigenvalue weighted by Gasteiger charge is 2.37. The van der Waals surface area contributed by atoms with Gasteiger partial charge in [-0.05, 0) is 120 Å². The summed E-state index contributed by atoms with van der Waals surface area (Å²) in [6.07, 6.45) is 0. The summed E-state index contributed by atoms with van der Waals surface area (Å²) < 4.78 is 1.15. The highest BCUT2D eigenvalue weighted by molar-refractivity contribution is 9.10. The molecule has 0 aromatic heterocycles. The maximum atomic E-state index is 11.5. The minimum atomic E-state index is -1.80. The molecular weight excluding hydrogens is 815 g/mol. The highest BCUT2D eigenvalue weighted by atomic mass is 79.9. The smallest absolute Gasteiger partial charge is 0.423 e. The zero-order valence-electron chi connectivity index (χ0n) is 33.4. The van der Waals surface area contributed by atoms with E-state index in [-0.39, 0.29) is 32.6 Å². The Kier molecular flexibility index (Phi) is 10.5. The van der Waals surface area contributed by atoms with Gasteiger partial charge in [0, 0.05) is 27.4 Å². The van der Waals surface area contributed by atoms with Gasteiger partial charge in [-0.15, -0.1) is 0 Å². The number of hydrogen-bond donors (Lipinski definition) is 2. The second kappa shape index (κ2) is 15.6. The molecule has 0 amide bonds. The van der Waals surface area contributed by atoms with E-state index >= 15 is 0 Å². The summed E-state index contributed by atoms with van der Waals surface area (Å²) in [5.74, 6) is 0. The van der Waals surface area contributed by atoms with Crippen molar-refractivity contribution in [2.24, 2.45) is 0 Å². The van der Waals surface area contributed by atoms with Crippen molar-refractivity contribution in [1.82, 2.24) is 0 Å². The fourth-order valence-corrected chi connectivity index (χ4v) is 9.12. The lowest BCUT2D eigenvalue weighted by Gasteiger charge is -2.22. The quantitative estimate of drug-likeness (QED) is 0.103. The molecule has 2 N–H and O–H groups in total. The molecule has 0 atom stereocenters. The van der Waals surface area contributed by atoms with E-state index in [1.165, 1.54) is 90.3 Å². The van der Waals surface area contributed by atoms with Gasteiger partial charge in [0.25, 0.3) is 11.4 Å². The van der Waals surface area contributed by atoms with Crippen molar-refractivity contribution >= 4 is 61.4 Å². The zero-order valence-corrected chi connectivity index (χ0v) is 35.0. The lowest BCUT2D eigenvalue weighted by molar-refractivity contribution is -0.384. The third-order valence-corrected chi connectivity index (χ3v) is 12.4. The van der Waals surface area contributed by atoms with Crippen molar-refractivity contribution in [3.63, 3.8) is 0 Å². The standard InChI is InChI=1S/C25H19NO2.C19H15Br.C6H6BNO4/c1-25(2)22-12-11-18(19-9-5-6-10-24(19)26(27)28)14-20(22)21-13-16-7-3-4-8-17(16)15-23(21)25;1-19(2)17-8-7-14(20)11-16(17)15-9-12-5-3-4-6-13(12)10-18(15)19;9-7(10)5-3-1-2-4-6(5)8(11)12/h3-15H,1-2H3;3-11H,1-2H3;1-4,9-10H. The van der Waals surface area contributed by atoms with Crippen LogP contribution in [0.2, 0.25) is 0 Å². The number of benzene rings is 8. The molecule has 296 valence electrons. The molecule has 0 saturated carbocycles. The molecule has 8 aromatic rings. The number of nitrogens with zero attached hydrogens (tertiary/aromatic N) is 2. The Labute approximate surface area is 356 Å². The molecule has 0 spiro atoms. The number of nitro groups is 2. The van der Waals surface area contributed by atoms with Crippen molar-refractivity contribution in [3.8, 4) is 33.4 Å². The van der Waals surface area contributed by atoms with Gasteiger partial charge in [-0.1, -0.05) is 141 Å². The third-order valence-electron chi connectivity index (χ3n) is 11.9. The number of hydrogen-bond acceptors (Lipinski definition) is 6. The Hall–Kier alpha value is -6.46. The Bertz CT molecular complexity index is 3020. The maximum Gasteiger partial charge on any atom is 0.495 e. The van der Waals surface area contributed by atoms with Crippen molar-refractivity contribution in [2.45, 2.75) is 38.5 Å². The van der Waals surface area contributed by atoms with E-state index in [0.29, 0.717) is 5.56 Å². The molecule has 2 aliphatic carbocycles. The summed E-state index contributed by atoms with van der Waals surface area (Å²) in [6, 6.07) is 51.6. The van der Waals surface area contributed by atoms with Crippen LogP contribution in [-0.4, -0.2) is 27.0 Å². The summed E-state index contributed by atoms with van der Waals surface area (Å²) in [5, 5.41) is 44.3. The largest absolute Gasteiger partial charge is 0.495 e. The van der Waals surface area contributed by atoms with Crippen LogP contribution in [0.1, 0.15) is 49.9 Å². The van der Waals surface area contributed by atoms with Crippen LogP contribution in [0.4, 0.5) is 11.4 Å². The molecular formula is C50H40BBrN2O6. The summed E-state index contributed by atoms with van der Waals surface area (Å²) in [4.78, 5) is 20.8. The molecule has 0 heterocycles. The van der Waals surface area contributed by atoms with Gasteiger partial charge < -0.3 is 10.0 Å². The molecule has 10 heteroatoms. The molecule has 8 aromatic carbocycles. The van der Waals surface area contributed by atoms with E-state index in [0.717, 1.165) is 10.0 Å². The van der Waals surface area contributed by atoms with E-state index in [2.05, 4.69) is 147 Å². The topological polar surface area (TPSA) is 127 Å². The second-order valence-electron chi connectivity index (χ2n) is 16.2. The number of nitro benzene ring substituents is 2. The Morgan fingerprint density at radius 1 is 0.467 bits per heavy atom. The molecule has 0 radical (unpaired) electrons. The summed E-state index contributed by atoms with van der Waals surface area (Å²) >= 11 is 3.60. The van der Waals surface area contributed by atoms with E-state index in [9.17, 15) is 20.2 Å². The van der Waals surface area contributed by atoms with Crippen LogP contribution >= 0.6 is 15.9 Å².